The van der Waals surface area contributed by atoms with E-state index in [2.05, 4.69) is 10.4 Å². The third kappa shape index (κ3) is 3.01. The Labute approximate surface area is 138 Å². The van der Waals surface area contributed by atoms with Crippen LogP contribution >= 0.6 is 0 Å². The number of nitrogens with one attached hydrogen (secondary N) is 1. The topological polar surface area (TPSA) is 93.4 Å². The molecule has 7 nitrogen and oxygen atoms in total. The van der Waals surface area contributed by atoms with Crippen LogP contribution in [-0.4, -0.2) is 33.4 Å². The number of hydrogen-bond acceptors (Lipinski definition) is 5. The number of rotatable bonds is 4. The van der Waals surface area contributed by atoms with Gasteiger partial charge in [0.05, 0.1) is 24.5 Å². The minimum Gasteiger partial charge on any atom is -0.511 e. The Balaban J connectivity index is 1.82. The van der Waals surface area contributed by atoms with Crippen LogP contribution in [0.1, 0.15) is 24.9 Å². The molecule has 1 aromatic heterocycles. The van der Waals surface area contributed by atoms with Crippen molar-refractivity contribution in [3.63, 3.8) is 0 Å². The summed E-state index contributed by atoms with van der Waals surface area (Å²) >= 11 is 0. The quantitative estimate of drug-likeness (QED) is 0.660. The molecule has 2 heterocycles. The van der Waals surface area contributed by atoms with Gasteiger partial charge in [0.2, 0.25) is 0 Å². The summed E-state index contributed by atoms with van der Waals surface area (Å²) in [6.45, 7) is 1.77. The summed E-state index contributed by atoms with van der Waals surface area (Å²) in [6.07, 6.45) is 3.52. The van der Waals surface area contributed by atoms with Crippen molar-refractivity contribution in [3.8, 4) is 5.69 Å². The number of aliphatic hydroxyl groups is 1. The minimum absolute atomic E-state index is 0.111. The van der Waals surface area contributed by atoms with Crippen LogP contribution in [0.5, 0.6) is 0 Å². The smallest absolute Gasteiger partial charge is 0.347 e. The number of hydrogen-bond donors (Lipinski definition) is 2. The molecule has 2 aromatic rings. The molecular formula is C17H17N3O4. The zero-order chi connectivity index (χ0) is 17.1. The molecule has 1 aromatic carbocycles. The van der Waals surface area contributed by atoms with Crippen molar-refractivity contribution in [2.75, 3.05) is 6.61 Å². The lowest BCUT2D eigenvalue weighted by Crippen LogP contribution is -2.38. The second kappa shape index (κ2) is 6.57. The summed E-state index contributed by atoms with van der Waals surface area (Å²) in [5.41, 5.74) is 1.29. The molecule has 0 aliphatic carbocycles. The van der Waals surface area contributed by atoms with E-state index in [1.165, 1.54) is 0 Å². The summed E-state index contributed by atoms with van der Waals surface area (Å²) in [5, 5.41) is 17.1. The molecular weight excluding hydrogens is 310 g/mol. The van der Waals surface area contributed by atoms with Crippen LogP contribution < -0.4 is 5.32 Å². The second-order valence-electron chi connectivity index (χ2n) is 5.33. The minimum atomic E-state index is -0.814. The summed E-state index contributed by atoms with van der Waals surface area (Å²) in [5.74, 6) is -1.73. The summed E-state index contributed by atoms with van der Waals surface area (Å²) < 4.78 is 6.47. The molecule has 0 saturated heterocycles. The molecule has 0 radical (unpaired) electrons. The Morgan fingerprint density at radius 3 is 2.83 bits per heavy atom. The first-order valence-corrected chi connectivity index (χ1v) is 7.60. The van der Waals surface area contributed by atoms with Crippen molar-refractivity contribution in [2.24, 2.45) is 0 Å². The number of carbonyl (C=O) groups is 2. The standard InChI is InChI=1S/C17H17N3O4/c1-2-24-17(23)15-14(21)8-13(19-16(15)22)11-9-18-20(10-11)12-6-4-3-5-7-12/h3-7,9-10,13,21H,2,8H2,1H3,(H,19,22). The maximum absolute atomic E-state index is 12.1. The monoisotopic (exact) mass is 327 g/mol. The molecule has 1 atom stereocenters. The fourth-order valence-corrected chi connectivity index (χ4v) is 2.56. The first-order valence-electron chi connectivity index (χ1n) is 7.60. The van der Waals surface area contributed by atoms with Gasteiger partial charge in [0, 0.05) is 18.2 Å². The van der Waals surface area contributed by atoms with Crippen LogP contribution in [0.2, 0.25) is 0 Å². The van der Waals surface area contributed by atoms with Crippen LogP contribution in [-0.2, 0) is 14.3 Å². The Hall–Kier alpha value is -3.09. The Bertz CT molecular complexity index is 795. The zero-order valence-electron chi connectivity index (χ0n) is 13.1. The van der Waals surface area contributed by atoms with E-state index in [1.807, 2.05) is 30.3 Å². The number of esters is 1. The van der Waals surface area contributed by atoms with Crippen LogP contribution in [0.15, 0.2) is 54.1 Å². The predicted molar refractivity (Wildman–Crippen MR) is 85.4 cm³/mol. The number of aliphatic hydroxyl groups excluding tert-OH is 1. The third-order valence-electron chi connectivity index (χ3n) is 3.72. The lowest BCUT2D eigenvalue weighted by Gasteiger charge is -2.23. The molecule has 1 aliphatic rings. The number of benzene rings is 1. The van der Waals surface area contributed by atoms with Crippen LogP contribution in [0, 0.1) is 0 Å². The van der Waals surface area contributed by atoms with E-state index in [9.17, 15) is 14.7 Å². The number of amides is 1. The van der Waals surface area contributed by atoms with Gasteiger partial charge in [0.1, 0.15) is 5.76 Å². The van der Waals surface area contributed by atoms with Crippen LogP contribution in [0.4, 0.5) is 0 Å². The lowest BCUT2D eigenvalue weighted by molar-refractivity contribution is -0.141. The molecule has 1 unspecified atom stereocenters. The molecule has 3 rings (SSSR count). The van der Waals surface area contributed by atoms with Crippen molar-refractivity contribution in [3.05, 3.63) is 59.6 Å². The second-order valence-corrected chi connectivity index (χ2v) is 5.33. The first kappa shape index (κ1) is 15.8. The van der Waals surface area contributed by atoms with E-state index >= 15 is 0 Å². The molecule has 1 aliphatic heterocycles. The van der Waals surface area contributed by atoms with Crippen molar-refractivity contribution < 1.29 is 19.4 Å². The molecule has 7 heteroatoms. The maximum Gasteiger partial charge on any atom is 0.347 e. The molecule has 2 N–H and O–H groups in total. The van der Waals surface area contributed by atoms with Gasteiger partial charge in [-0.25, -0.2) is 9.48 Å². The van der Waals surface area contributed by atoms with Crippen molar-refractivity contribution in [1.82, 2.24) is 15.1 Å². The number of para-hydroxylation sites is 1. The number of carbonyl (C=O) groups excluding carboxylic acids is 2. The molecule has 0 fully saturated rings. The predicted octanol–water partition coefficient (Wildman–Crippen LogP) is 1.81. The van der Waals surface area contributed by atoms with Crippen molar-refractivity contribution in [2.45, 2.75) is 19.4 Å². The fourth-order valence-electron chi connectivity index (χ4n) is 2.56. The molecule has 0 spiro atoms. The third-order valence-corrected chi connectivity index (χ3v) is 3.72. The molecule has 0 saturated carbocycles. The SMILES string of the molecule is CCOC(=O)C1=C(O)CC(c2cnn(-c3ccccc3)c2)NC1=O. The van der Waals surface area contributed by atoms with Gasteiger partial charge in [0.15, 0.2) is 5.57 Å². The summed E-state index contributed by atoms with van der Waals surface area (Å²) in [4.78, 5) is 23.9. The van der Waals surface area contributed by atoms with Crippen molar-refractivity contribution in [1.29, 1.82) is 0 Å². The largest absolute Gasteiger partial charge is 0.511 e. The van der Waals surface area contributed by atoms with Crippen LogP contribution in [0.25, 0.3) is 5.69 Å². The highest BCUT2D eigenvalue weighted by atomic mass is 16.5. The fraction of sp³-hybridized carbons (Fsp3) is 0.235. The first-order chi connectivity index (χ1) is 11.6. The summed E-state index contributed by atoms with van der Waals surface area (Å²) in [6, 6.07) is 9.08. The van der Waals surface area contributed by atoms with Crippen molar-refractivity contribution >= 4 is 11.9 Å². The van der Waals surface area contributed by atoms with Gasteiger partial charge in [-0.05, 0) is 19.1 Å². The summed E-state index contributed by atoms with van der Waals surface area (Å²) in [7, 11) is 0. The Morgan fingerprint density at radius 1 is 1.42 bits per heavy atom. The molecule has 24 heavy (non-hydrogen) atoms. The number of ether oxygens (including phenoxy) is 1. The van der Waals surface area contributed by atoms with E-state index in [4.69, 9.17) is 4.74 Å². The van der Waals surface area contributed by atoms with E-state index in [1.54, 1.807) is 24.0 Å². The van der Waals surface area contributed by atoms with E-state index in [0.717, 1.165) is 11.3 Å². The number of nitrogens with zero attached hydrogens (tertiary/aromatic N) is 2. The van der Waals surface area contributed by atoms with Gasteiger partial charge >= 0.3 is 5.97 Å². The highest BCUT2D eigenvalue weighted by molar-refractivity contribution is 6.17. The normalized spacial score (nSPS) is 17.5. The maximum atomic E-state index is 12.1. The highest BCUT2D eigenvalue weighted by Gasteiger charge is 2.33. The van der Waals surface area contributed by atoms with Gasteiger partial charge in [-0.3, -0.25) is 4.79 Å². The van der Waals surface area contributed by atoms with Gasteiger partial charge in [-0.2, -0.15) is 5.10 Å². The Morgan fingerprint density at radius 2 is 2.17 bits per heavy atom. The van der Waals surface area contributed by atoms with E-state index in [-0.39, 0.29) is 24.4 Å². The molecule has 0 bridgehead atoms. The van der Waals surface area contributed by atoms with Gasteiger partial charge in [-0.15, -0.1) is 0 Å². The number of aromatic nitrogens is 2. The average molecular weight is 327 g/mol. The lowest BCUT2D eigenvalue weighted by atomic mass is 9.98. The van der Waals surface area contributed by atoms with Crippen LogP contribution in [0.3, 0.4) is 0 Å². The Kier molecular flexibility index (Phi) is 4.33. The van der Waals surface area contributed by atoms with E-state index in [0.29, 0.717) is 0 Å². The molecule has 1 amide bonds. The van der Waals surface area contributed by atoms with Gasteiger partial charge in [-0.1, -0.05) is 18.2 Å². The average Bonchev–Trinajstić information content (AvgIpc) is 3.05. The van der Waals surface area contributed by atoms with E-state index < -0.39 is 17.9 Å². The van der Waals surface area contributed by atoms with Gasteiger partial charge in [0.25, 0.3) is 5.91 Å². The van der Waals surface area contributed by atoms with Gasteiger partial charge < -0.3 is 15.2 Å². The molecule has 124 valence electrons. The highest BCUT2D eigenvalue weighted by Crippen LogP contribution is 2.27. The zero-order valence-corrected chi connectivity index (χ0v) is 13.1.